The van der Waals surface area contributed by atoms with Gasteiger partial charge >= 0.3 is 0 Å². The van der Waals surface area contributed by atoms with Crippen molar-refractivity contribution in [2.75, 3.05) is 0 Å². The highest BCUT2D eigenvalue weighted by Crippen LogP contribution is 2.22. The zero-order chi connectivity index (χ0) is 14.0. The quantitative estimate of drug-likeness (QED) is 0.880. The Morgan fingerprint density at radius 2 is 2.16 bits per heavy atom. The van der Waals surface area contributed by atoms with Crippen molar-refractivity contribution in [1.82, 2.24) is 9.78 Å². The molecule has 0 aliphatic heterocycles. The number of benzene rings is 1. The van der Waals surface area contributed by atoms with E-state index in [0.717, 1.165) is 10.0 Å². The van der Waals surface area contributed by atoms with Crippen molar-refractivity contribution in [3.8, 4) is 0 Å². The molecule has 5 heteroatoms. The van der Waals surface area contributed by atoms with Crippen LogP contribution in [0.4, 0.5) is 0 Å². The smallest absolute Gasteiger partial charge is 0.170 e. The number of aldehydes is 1. The second-order valence-electron chi connectivity index (χ2n) is 4.92. The second-order valence-corrected chi connectivity index (χ2v) is 5.83. The van der Waals surface area contributed by atoms with Gasteiger partial charge in [0.25, 0.3) is 0 Å². The minimum atomic E-state index is -1.04. The fourth-order valence-electron chi connectivity index (χ4n) is 1.92. The molecule has 2 rings (SSSR count). The number of halogens is 1. The Hall–Kier alpha value is -1.46. The number of carbonyl (C=O) groups excluding carboxylic acids is 1. The van der Waals surface area contributed by atoms with Crippen LogP contribution in [0.1, 0.15) is 35.6 Å². The summed E-state index contributed by atoms with van der Waals surface area (Å²) >= 11 is 3.42. The minimum Gasteiger partial charge on any atom is -0.384 e. The SMILES string of the molecule is CC(C)(O)c1cc(C=O)nn1Cc1cccc(Br)c1. The van der Waals surface area contributed by atoms with Crippen LogP contribution in [0.15, 0.2) is 34.8 Å². The Labute approximate surface area is 120 Å². The summed E-state index contributed by atoms with van der Waals surface area (Å²) in [5.41, 5.74) is 0.947. The van der Waals surface area contributed by atoms with Gasteiger partial charge in [-0.2, -0.15) is 5.10 Å². The van der Waals surface area contributed by atoms with Gasteiger partial charge in [-0.15, -0.1) is 0 Å². The van der Waals surface area contributed by atoms with Crippen molar-refractivity contribution in [3.63, 3.8) is 0 Å². The van der Waals surface area contributed by atoms with Gasteiger partial charge in [-0.25, -0.2) is 0 Å². The number of hydrogen-bond acceptors (Lipinski definition) is 3. The van der Waals surface area contributed by atoms with Gasteiger partial charge in [0.05, 0.1) is 12.2 Å². The normalized spacial score (nSPS) is 11.6. The lowest BCUT2D eigenvalue weighted by Crippen LogP contribution is -2.21. The Balaban J connectivity index is 2.39. The molecule has 0 aliphatic carbocycles. The van der Waals surface area contributed by atoms with E-state index in [-0.39, 0.29) is 0 Å². The molecule has 0 aliphatic rings. The third kappa shape index (κ3) is 3.30. The molecule has 0 fully saturated rings. The molecule has 0 unspecified atom stereocenters. The zero-order valence-corrected chi connectivity index (χ0v) is 12.4. The van der Waals surface area contributed by atoms with Gasteiger partial charge in [-0.05, 0) is 37.6 Å². The van der Waals surface area contributed by atoms with Crippen LogP contribution >= 0.6 is 15.9 Å². The summed E-state index contributed by atoms with van der Waals surface area (Å²) in [5.74, 6) is 0. The van der Waals surface area contributed by atoms with Crippen molar-refractivity contribution >= 4 is 22.2 Å². The summed E-state index contributed by atoms with van der Waals surface area (Å²) in [7, 11) is 0. The third-order valence-corrected chi connectivity index (χ3v) is 3.26. The molecule has 0 bridgehead atoms. The number of hydrogen-bond donors (Lipinski definition) is 1. The van der Waals surface area contributed by atoms with Gasteiger partial charge in [0.15, 0.2) is 6.29 Å². The zero-order valence-electron chi connectivity index (χ0n) is 10.8. The molecular weight excluding hydrogens is 308 g/mol. The summed E-state index contributed by atoms with van der Waals surface area (Å²) in [6, 6.07) is 9.45. The van der Waals surface area contributed by atoms with Gasteiger partial charge in [0, 0.05) is 4.47 Å². The van der Waals surface area contributed by atoms with Crippen molar-refractivity contribution in [1.29, 1.82) is 0 Å². The van der Waals surface area contributed by atoms with Gasteiger partial charge in [0.1, 0.15) is 11.3 Å². The largest absolute Gasteiger partial charge is 0.384 e. The summed E-state index contributed by atoms with van der Waals surface area (Å²) < 4.78 is 2.64. The van der Waals surface area contributed by atoms with Crippen LogP contribution < -0.4 is 0 Å². The number of rotatable bonds is 4. The summed E-state index contributed by atoms with van der Waals surface area (Å²) in [4.78, 5) is 10.8. The molecule has 0 atom stereocenters. The van der Waals surface area contributed by atoms with Crippen LogP contribution in [0.5, 0.6) is 0 Å². The maximum Gasteiger partial charge on any atom is 0.170 e. The van der Waals surface area contributed by atoms with E-state index in [0.29, 0.717) is 24.2 Å². The van der Waals surface area contributed by atoms with Gasteiger partial charge < -0.3 is 5.11 Å². The molecule has 2 aromatic rings. The van der Waals surface area contributed by atoms with Crippen molar-refractivity contribution < 1.29 is 9.90 Å². The van der Waals surface area contributed by atoms with Crippen molar-refractivity contribution in [3.05, 3.63) is 51.8 Å². The van der Waals surface area contributed by atoms with Crippen LogP contribution in [0, 0.1) is 0 Å². The Morgan fingerprint density at radius 1 is 1.42 bits per heavy atom. The lowest BCUT2D eigenvalue weighted by molar-refractivity contribution is 0.0688. The fourth-order valence-corrected chi connectivity index (χ4v) is 2.36. The molecule has 1 heterocycles. The number of aromatic nitrogens is 2. The Kier molecular flexibility index (Phi) is 3.87. The summed E-state index contributed by atoms with van der Waals surface area (Å²) in [6.45, 7) is 3.86. The van der Waals surface area contributed by atoms with E-state index >= 15 is 0 Å². The van der Waals surface area contributed by atoms with E-state index in [9.17, 15) is 9.90 Å². The molecule has 19 heavy (non-hydrogen) atoms. The van der Waals surface area contributed by atoms with E-state index in [2.05, 4.69) is 21.0 Å². The van der Waals surface area contributed by atoms with E-state index in [1.807, 2.05) is 24.3 Å². The van der Waals surface area contributed by atoms with Crippen LogP contribution in [0.25, 0.3) is 0 Å². The first-order valence-electron chi connectivity index (χ1n) is 5.90. The van der Waals surface area contributed by atoms with Crippen LogP contribution in [-0.2, 0) is 12.1 Å². The maximum absolute atomic E-state index is 10.8. The van der Waals surface area contributed by atoms with Crippen LogP contribution in [0.2, 0.25) is 0 Å². The van der Waals surface area contributed by atoms with E-state index in [1.165, 1.54) is 0 Å². The van der Waals surface area contributed by atoms with Crippen molar-refractivity contribution in [2.24, 2.45) is 0 Å². The predicted molar refractivity (Wildman–Crippen MR) is 76.1 cm³/mol. The highest BCUT2D eigenvalue weighted by atomic mass is 79.9. The van der Waals surface area contributed by atoms with Gasteiger partial charge in [-0.1, -0.05) is 28.1 Å². The predicted octanol–water partition coefficient (Wildman–Crippen LogP) is 2.73. The highest BCUT2D eigenvalue weighted by molar-refractivity contribution is 9.10. The molecule has 0 saturated carbocycles. The molecule has 0 amide bonds. The summed E-state index contributed by atoms with van der Waals surface area (Å²) in [6.07, 6.45) is 0.687. The van der Waals surface area contributed by atoms with Crippen LogP contribution in [-0.4, -0.2) is 21.2 Å². The second kappa shape index (κ2) is 5.27. The standard InChI is InChI=1S/C14H15BrN2O2/c1-14(2,19)13-7-12(9-18)16-17(13)8-10-4-3-5-11(15)6-10/h3-7,9,19H,8H2,1-2H3. The first-order chi connectivity index (χ1) is 8.90. The minimum absolute atomic E-state index is 0.326. The Morgan fingerprint density at radius 3 is 2.74 bits per heavy atom. The molecule has 0 radical (unpaired) electrons. The molecule has 1 aromatic heterocycles. The molecule has 4 nitrogen and oxygen atoms in total. The Bertz CT molecular complexity index is 600. The van der Waals surface area contributed by atoms with Gasteiger partial charge in [-0.3, -0.25) is 9.48 Å². The molecule has 0 saturated heterocycles. The van der Waals surface area contributed by atoms with Gasteiger partial charge in [0.2, 0.25) is 0 Å². The van der Waals surface area contributed by atoms with Crippen molar-refractivity contribution in [2.45, 2.75) is 26.0 Å². The average Bonchev–Trinajstić information content (AvgIpc) is 2.72. The first kappa shape index (κ1) is 14.0. The molecule has 1 N–H and O–H groups in total. The average molecular weight is 323 g/mol. The lowest BCUT2D eigenvalue weighted by Gasteiger charge is -2.19. The summed E-state index contributed by atoms with van der Waals surface area (Å²) in [5, 5.41) is 14.3. The molecule has 0 spiro atoms. The monoisotopic (exact) mass is 322 g/mol. The molecule has 1 aromatic carbocycles. The van der Waals surface area contributed by atoms with E-state index < -0.39 is 5.60 Å². The number of carbonyl (C=O) groups is 1. The lowest BCUT2D eigenvalue weighted by atomic mass is 10.1. The topological polar surface area (TPSA) is 55.1 Å². The fraction of sp³-hybridized carbons (Fsp3) is 0.286. The van der Waals surface area contributed by atoms with Crippen LogP contribution in [0.3, 0.4) is 0 Å². The molecular formula is C14H15BrN2O2. The third-order valence-electron chi connectivity index (χ3n) is 2.77. The van der Waals surface area contributed by atoms with E-state index in [4.69, 9.17) is 0 Å². The van der Waals surface area contributed by atoms with E-state index in [1.54, 1.807) is 24.6 Å². The molecule has 100 valence electrons. The highest BCUT2D eigenvalue weighted by Gasteiger charge is 2.22. The first-order valence-corrected chi connectivity index (χ1v) is 6.70. The number of nitrogens with zero attached hydrogens (tertiary/aromatic N) is 2. The maximum atomic E-state index is 10.8. The number of aliphatic hydroxyl groups is 1.